The van der Waals surface area contributed by atoms with Crippen molar-refractivity contribution in [1.29, 1.82) is 0 Å². The van der Waals surface area contributed by atoms with E-state index in [1.54, 1.807) is 12.1 Å². The molecule has 5 atom stereocenters. The van der Waals surface area contributed by atoms with Crippen molar-refractivity contribution in [3.05, 3.63) is 29.8 Å². The maximum atomic E-state index is 16.2. The highest BCUT2D eigenvalue weighted by Gasteiger charge is 2.76. The second-order valence-corrected chi connectivity index (χ2v) is 9.80. The van der Waals surface area contributed by atoms with Crippen LogP contribution < -0.4 is 4.31 Å². The third kappa shape index (κ3) is 1.61. The average molecular weight is 400 g/mol. The molecule has 1 unspecified atom stereocenters. The third-order valence-electron chi connectivity index (χ3n) is 5.24. The summed E-state index contributed by atoms with van der Waals surface area (Å²) in [4.78, 5) is 26.9. The Kier molecular flexibility index (Phi) is 2.99. The van der Waals surface area contributed by atoms with E-state index in [1.807, 2.05) is 0 Å². The first kappa shape index (κ1) is 15.9. The molecule has 4 saturated heterocycles. The van der Waals surface area contributed by atoms with Crippen molar-refractivity contribution in [1.82, 2.24) is 9.80 Å². The number of rotatable bonds is 1. The highest BCUT2D eigenvalue weighted by atomic mass is 33.1. The summed E-state index contributed by atoms with van der Waals surface area (Å²) in [7, 11) is 3.89. The van der Waals surface area contributed by atoms with Crippen LogP contribution in [0.25, 0.3) is 0 Å². The fraction of sp³-hybridized carbons (Fsp3) is 0.429. The lowest BCUT2D eigenvalue weighted by molar-refractivity contribution is -0.158. The van der Waals surface area contributed by atoms with Gasteiger partial charge in [-0.2, -0.15) is 0 Å². The predicted octanol–water partition coefficient (Wildman–Crippen LogP) is 0.913. The van der Waals surface area contributed by atoms with Gasteiger partial charge in [0.2, 0.25) is 0 Å². The summed E-state index contributed by atoms with van der Waals surface area (Å²) in [6.45, 7) is 0. The van der Waals surface area contributed by atoms with Crippen molar-refractivity contribution >= 4 is 50.4 Å². The first-order valence-corrected chi connectivity index (χ1v) is 10.7. The first-order valence-electron chi connectivity index (χ1n) is 7.45. The highest BCUT2D eigenvalue weighted by Crippen LogP contribution is 2.67. The van der Waals surface area contributed by atoms with E-state index >= 15 is 4.39 Å². The number of halogens is 1. The van der Waals surface area contributed by atoms with E-state index < -0.39 is 39.3 Å². The number of hydrogen-bond acceptors (Lipinski definition) is 6. The number of piperazine rings is 1. The fourth-order valence-electron chi connectivity index (χ4n) is 4.24. The highest BCUT2D eigenvalue weighted by molar-refractivity contribution is 8.78. The number of likely N-dealkylation sites (N-methyl/N-ethyl adjacent to an activating group) is 1. The molecule has 11 heteroatoms. The van der Waals surface area contributed by atoms with Crippen LogP contribution in [0.15, 0.2) is 24.3 Å². The molecule has 5 aliphatic rings. The Morgan fingerprint density at radius 1 is 1.36 bits per heavy atom. The van der Waals surface area contributed by atoms with E-state index in [9.17, 15) is 18.4 Å². The molecule has 0 radical (unpaired) electrons. The van der Waals surface area contributed by atoms with Crippen molar-refractivity contribution in [2.45, 2.75) is 28.5 Å². The van der Waals surface area contributed by atoms with Crippen LogP contribution in [0.4, 0.5) is 10.1 Å². The molecular weight excluding hydrogens is 389 g/mol. The lowest BCUT2D eigenvalue weighted by Crippen LogP contribution is -2.71. The minimum Gasteiger partial charge on any atom is -0.755 e. The minimum atomic E-state index is -2.79. The van der Waals surface area contributed by atoms with E-state index in [0.29, 0.717) is 0 Å². The molecule has 0 aromatic heterocycles. The van der Waals surface area contributed by atoms with Gasteiger partial charge in [0, 0.05) is 30.3 Å². The summed E-state index contributed by atoms with van der Waals surface area (Å²) in [6.07, 6.45) is -1.64. The van der Waals surface area contributed by atoms with Gasteiger partial charge < -0.3 is 9.45 Å². The second kappa shape index (κ2) is 4.70. The van der Waals surface area contributed by atoms with Crippen LogP contribution in [-0.4, -0.2) is 53.8 Å². The summed E-state index contributed by atoms with van der Waals surface area (Å²) in [5, 5.41) is -0.771. The van der Waals surface area contributed by atoms with Gasteiger partial charge in [0.1, 0.15) is 0 Å². The molecule has 132 valence electrons. The van der Waals surface area contributed by atoms with Crippen LogP contribution in [-0.2, 0) is 26.5 Å². The number of hydrogen-bond donors (Lipinski definition) is 0. The standard InChI is InChI=1S/C14H12FN3O4S3/c1-16-10-9(19)17-11-13(15,6-14(17,12(16)20)24-23-10)7-4-2-3-5-8(7)18(11)25(21)22/h2-5,10-11H,6H2,1H3,(H,21,22)/p-1/t10-,11-,13-,14-/m0/s1. The first-order chi connectivity index (χ1) is 11.8. The molecule has 5 heterocycles. The molecular formula is C14H11FN3O4S3-. The van der Waals surface area contributed by atoms with Crippen LogP contribution in [0, 0.1) is 0 Å². The van der Waals surface area contributed by atoms with Gasteiger partial charge in [0.25, 0.3) is 11.8 Å². The van der Waals surface area contributed by atoms with Crippen LogP contribution in [0.5, 0.6) is 0 Å². The van der Waals surface area contributed by atoms with Crippen molar-refractivity contribution in [2.24, 2.45) is 0 Å². The van der Waals surface area contributed by atoms with Gasteiger partial charge in [-0.15, -0.1) is 0 Å². The number of carbonyl (C=O) groups is 2. The summed E-state index contributed by atoms with van der Waals surface area (Å²) in [5.74, 6) is -0.792. The Labute approximate surface area is 152 Å². The molecule has 7 nitrogen and oxygen atoms in total. The lowest BCUT2D eigenvalue weighted by Gasteiger charge is -2.53. The van der Waals surface area contributed by atoms with Crippen LogP contribution >= 0.6 is 21.6 Å². The van der Waals surface area contributed by atoms with Crippen molar-refractivity contribution in [2.75, 3.05) is 11.4 Å². The molecule has 6 rings (SSSR count). The molecule has 0 aliphatic carbocycles. The van der Waals surface area contributed by atoms with Gasteiger partial charge in [-0.1, -0.05) is 39.8 Å². The zero-order chi connectivity index (χ0) is 17.7. The van der Waals surface area contributed by atoms with Gasteiger partial charge in [-0.25, -0.2) is 4.39 Å². The normalized spacial score (nSPS) is 39.6. The van der Waals surface area contributed by atoms with Crippen LogP contribution in [0.2, 0.25) is 0 Å². The fourth-order valence-corrected chi connectivity index (χ4v) is 8.43. The maximum absolute atomic E-state index is 16.2. The SMILES string of the molecule is CN1C(=O)[C@@]23C[C@]4(F)c5ccccc5N(S(=O)[O-])[C@@H]4N2C(=O)[C@@H]1SS3. The van der Waals surface area contributed by atoms with Crippen LogP contribution in [0.1, 0.15) is 12.0 Å². The van der Waals surface area contributed by atoms with E-state index in [4.69, 9.17) is 0 Å². The number of alkyl halides is 1. The van der Waals surface area contributed by atoms with Gasteiger partial charge in [0.15, 0.2) is 22.1 Å². The number of benzene rings is 1. The van der Waals surface area contributed by atoms with Crippen molar-refractivity contribution in [3.63, 3.8) is 0 Å². The molecule has 2 bridgehead atoms. The lowest BCUT2D eigenvalue weighted by atomic mass is 9.92. The Balaban J connectivity index is 1.77. The van der Waals surface area contributed by atoms with Crippen molar-refractivity contribution in [3.8, 4) is 0 Å². The largest absolute Gasteiger partial charge is 0.755 e. The van der Waals surface area contributed by atoms with Gasteiger partial charge >= 0.3 is 0 Å². The van der Waals surface area contributed by atoms with E-state index in [-0.39, 0.29) is 23.6 Å². The van der Waals surface area contributed by atoms with E-state index in [2.05, 4.69) is 0 Å². The maximum Gasteiger partial charge on any atom is 0.261 e. The number of fused-ring (bicyclic) bond motifs is 5. The average Bonchev–Trinajstić information content (AvgIpc) is 2.98. The molecule has 1 aromatic carbocycles. The number of anilines is 1. The number of amides is 2. The summed E-state index contributed by atoms with van der Waals surface area (Å²) in [6, 6.07) is 6.28. The van der Waals surface area contributed by atoms with Crippen molar-refractivity contribution < 1.29 is 22.7 Å². The number of nitrogens with zero attached hydrogens (tertiary/aromatic N) is 3. The smallest absolute Gasteiger partial charge is 0.261 e. The van der Waals surface area contributed by atoms with E-state index in [0.717, 1.165) is 20.0 Å². The Hall–Kier alpha value is -1.30. The summed E-state index contributed by atoms with van der Waals surface area (Å²) < 4.78 is 40.9. The van der Waals surface area contributed by atoms with E-state index in [1.165, 1.54) is 34.9 Å². The predicted molar refractivity (Wildman–Crippen MR) is 90.3 cm³/mol. The Bertz CT molecular complexity index is 871. The Morgan fingerprint density at radius 2 is 2.08 bits per heavy atom. The Morgan fingerprint density at radius 3 is 2.80 bits per heavy atom. The number of carbonyl (C=O) groups excluding carboxylic acids is 2. The van der Waals surface area contributed by atoms with Crippen LogP contribution in [0.3, 0.4) is 0 Å². The van der Waals surface area contributed by atoms with Gasteiger partial charge in [-0.05, 0) is 6.07 Å². The van der Waals surface area contributed by atoms with Gasteiger partial charge in [0.05, 0.1) is 5.69 Å². The monoisotopic (exact) mass is 400 g/mol. The van der Waals surface area contributed by atoms with Gasteiger partial charge in [-0.3, -0.25) is 23.0 Å². The quantitative estimate of drug-likeness (QED) is 0.515. The minimum absolute atomic E-state index is 0.199. The topological polar surface area (TPSA) is 84.0 Å². The molecule has 5 aliphatic heterocycles. The molecule has 4 fully saturated rings. The molecule has 2 amide bonds. The number of para-hydroxylation sites is 1. The second-order valence-electron chi connectivity index (χ2n) is 6.41. The zero-order valence-electron chi connectivity index (χ0n) is 12.7. The summed E-state index contributed by atoms with van der Waals surface area (Å²) >= 11 is -2.79. The zero-order valence-corrected chi connectivity index (χ0v) is 15.2. The molecule has 25 heavy (non-hydrogen) atoms. The summed E-state index contributed by atoms with van der Waals surface area (Å²) in [5.41, 5.74) is -1.72. The molecule has 1 spiro atoms. The molecule has 0 N–H and O–H groups in total. The molecule has 0 saturated carbocycles. The third-order valence-corrected chi connectivity index (χ3v) is 9.21. The molecule has 1 aromatic rings.